The molecule has 0 radical (unpaired) electrons. The number of benzene rings is 1. The zero-order valence-electron chi connectivity index (χ0n) is 21.0. The third kappa shape index (κ3) is 8.96. The first kappa shape index (κ1) is 29.5. The number of hydrogen-bond acceptors (Lipinski definition) is 3. The van der Waals surface area contributed by atoms with Gasteiger partial charge >= 0.3 is 0 Å². The first-order valence-corrected chi connectivity index (χ1v) is 11.2. The van der Waals surface area contributed by atoms with Gasteiger partial charge in [0.2, 0.25) is 5.91 Å². The third-order valence-corrected chi connectivity index (χ3v) is 4.87. The Kier molecular flexibility index (Phi) is 12.3. The molecule has 1 aromatic carbocycles. The van der Waals surface area contributed by atoms with Gasteiger partial charge in [-0.05, 0) is 56.0 Å². The Morgan fingerprint density at radius 1 is 1.29 bits per heavy atom. The van der Waals surface area contributed by atoms with Crippen molar-refractivity contribution in [3.05, 3.63) is 84.3 Å². The zero-order valence-corrected chi connectivity index (χ0v) is 21.0. The molecule has 0 fully saturated rings. The highest BCUT2D eigenvalue weighted by atomic mass is 19.2. The van der Waals surface area contributed by atoms with Gasteiger partial charge in [0.05, 0.1) is 24.8 Å². The topological polar surface area (TPSA) is 56.2 Å². The van der Waals surface area contributed by atoms with Crippen LogP contribution in [-0.4, -0.2) is 29.1 Å². The van der Waals surface area contributed by atoms with Crippen LogP contribution in [0.3, 0.4) is 0 Å². The van der Waals surface area contributed by atoms with Gasteiger partial charge < -0.3 is 14.6 Å². The minimum Gasteiger partial charge on any atom is -0.495 e. The lowest BCUT2D eigenvalue weighted by molar-refractivity contribution is -0.117. The van der Waals surface area contributed by atoms with Crippen LogP contribution in [0.2, 0.25) is 0 Å². The number of methoxy groups -OCH3 is 1. The van der Waals surface area contributed by atoms with E-state index in [1.807, 2.05) is 42.8 Å². The Morgan fingerprint density at radius 3 is 2.51 bits per heavy atom. The Morgan fingerprint density at radius 2 is 1.97 bits per heavy atom. The summed E-state index contributed by atoms with van der Waals surface area (Å²) < 4.78 is 47.2. The van der Waals surface area contributed by atoms with Crippen LogP contribution < -0.4 is 10.1 Å². The second kappa shape index (κ2) is 14.7. The average Bonchev–Trinajstić information content (AvgIpc) is 3.28. The second-order valence-electron chi connectivity index (χ2n) is 7.82. The summed E-state index contributed by atoms with van der Waals surface area (Å²) in [6.07, 6.45) is 7.60. The molecule has 1 N–H and O–H groups in total. The van der Waals surface area contributed by atoms with Gasteiger partial charge in [-0.15, -0.1) is 13.2 Å². The number of carbonyl (C=O) groups is 1. The number of allylic oxidation sites excluding steroid dienone is 3. The van der Waals surface area contributed by atoms with Gasteiger partial charge in [-0.3, -0.25) is 4.79 Å². The largest absolute Gasteiger partial charge is 0.495 e. The number of aryl methyl sites for hydroxylation is 1. The van der Waals surface area contributed by atoms with E-state index in [1.165, 1.54) is 0 Å². The fourth-order valence-electron chi connectivity index (χ4n) is 3.19. The first-order valence-electron chi connectivity index (χ1n) is 11.2. The molecule has 0 saturated heterocycles. The van der Waals surface area contributed by atoms with Crippen molar-refractivity contribution in [1.82, 2.24) is 14.9 Å². The third-order valence-electron chi connectivity index (χ3n) is 4.87. The summed E-state index contributed by atoms with van der Waals surface area (Å²) in [5.74, 6) is -4.23. The van der Waals surface area contributed by atoms with E-state index in [2.05, 4.69) is 23.5 Å². The lowest BCUT2D eigenvalue weighted by Crippen LogP contribution is -2.29. The number of amides is 1. The Bertz CT molecular complexity index is 1080. The SMILES string of the molecule is C=C.CCC/C(=C\c1ccc(-n2cnc(C)c2)c(OC)c1)C(=O)NCC(C)/C=C(F)\C(F)=C(/C)F. The number of hydrogen-bond donors (Lipinski definition) is 1. The van der Waals surface area contributed by atoms with Gasteiger partial charge in [0, 0.05) is 18.3 Å². The molecule has 2 rings (SSSR count). The Hall–Kier alpha value is -3.55. The molecular weight excluding hydrogens is 455 g/mol. The maximum absolute atomic E-state index is 13.7. The number of imidazole rings is 1. The van der Waals surface area contributed by atoms with E-state index in [4.69, 9.17) is 4.74 Å². The maximum atomic E-state index is 13.7. The maximum Gasteiger partial charge on any atom is 0.247 e. The van der Waals surface area contributed by atoms with Gasteiger partial charge in [-0.2, -0.15) is 0 Å². The molecule has 0 bridgehead atoms. The van der Waals surface area contributed by atoms with E-state index >= 15 is 0 Å². The van der Waals surface area contributed by atoms with Crippen LogP contribution >= 0.6 is 0 Å². The Labute approximate surface area is 205 Å². The quantitative estimate of drug-likeness (QED) is 0.223. The molecule has 35 heavy (non-hydrogen) atoms. The van der Waals surface area contributed by atoms with Crippen molar-refractivity contribution in [2.75, 3.05) is 13.7 Å². The second-order valence-corrected chi connectivity index (χ2v) is 7.82. The molecule has 1 aromatic heterocycles. The lowest BCUT2D eigenvalue weighted by atomic mass is 10.0. The fourth-order valence-corrected chi connectivity index (χ4v) is 3.19. The molecule has 2 aromatic rings. The Balaban J connectivity index is 0.00000298. The van der Waals surface area contributed by atoms with Crippen LogP contribution in [0.1, 0.15) is 44.9 Å². The fraction of sp³-hybridized carbons (Fsp3) is 0.333. The standard InChI is InChI=1S/C25H30F3N3O2.C2H4/c1-6-7-20(25(32)29-13-16(2)10-21(27)24(28)18(4)26)11-19-8-9-22(23(12-19)33-5)31-14-17(3)30-15-31;1-2/h8-12,14-16H,6-7,13H2,1-5H3,(H,29,32);1-2H2/b20-11+,21-10+,24-18-;. The monoisotopic (exact) mass is 489 g/mol. The van der Waals surface area contributed by atoms with E-state index in [1.54, 1.807) is 26.4 Å². The number of ether oxygens (including phenoxy) is 1. The summed E-state index contributed by atoms with van der Waals surface area (Å²) >= 11 is 0. The lowest BCUT2D eigenvalue weighted by Gasteiger charge is -2.13. The number of aromatic nitrogens is 2. The molecule has 1 unspecified atom stereocenters. The highest BCUT2D eigenvalue weighted by molar-refractivity contribution is 5.97. The molecule has 0 spiro atoms. The molecule has 0 saturated carbocycles. The molecule has 5 nitrogen and oxygen atoms in total. The van der Waals surface area contributed by atoms with Crippen LogP contribution in [0.4, 0.5) is 13.2 Å². The van der Waals surface area contributed by atoms with E-state index in [9.17, 15) is 18.0 Å². The van der Waals surface area contributed by atoms with Crippen LogP contribution in [0.25, 0.3) is 11.8 Å². The van der Waals surface area contributed by atoms with Crippen molar-refractivity contribution in [3.63, 3.8) is 0 Å². The van der Waals surface area contributed by atoms with Crippen molar-refractivity contribution in [1.29, 1.82) is 0 Å². The van der Waals surface area contributed by atoms with Gasteiger partial charge in [-0.1, -0.05) is 26.3 Å². The van der Waals surface area contributed by atoms with Crippen LogP contribution in [0.5, 0.6) is 5.75 Å². The van der Waals surface area contributed by atoms with Gasteiger partial charge in [0.15, 0.2) is 11.7 Å². The summed E-state index contributed by atoms with van der Waals surface area (Å²) in [5, 5.41) is 2.74. The molecular formula is C27H34F3N3O2. The predicted molar refractivity (Wildman–Crippen MR) is 135 cm³/mol. The van der Waals surface area contributed by atoms with Gasteiger partial charge in [-0.25, -0.2) is 18.2 Å². The molecule has 8 heteroatoms. The minimum absolute atomic E-state index is 0.0775. The molecule has 1 heterocycles. The summed E-state index contributed by atoms with van der Waals surface area (Å²) in [4.78, 5) is 17.0. The number of nitrogens with one attached hydrogen (secondary N) is 1. The van der Waals surface area contributed by atoms with Gasteiger partial charge in [0.25, 0.3) is 0 Å². The first-order chi connectivity index (χ1) is 16.7. The summed E-state index contributed by atoms with van der Waals surface area (Å²) in [6, 6.07) is 5.60. The molecule has 1 amide bonds. The molecule has 1 atom stereocenters. The highest BCUT2D eigenvalue weighted by Gasteiger charge is 2.14. The van der Waals surface area contributed by atoms with Crippen LogP contribution in [-0.2, 0) is 4.79 Å². The summed E-state index contributed by atoms with van der Waals surface area (Å²) in [6.45, 7) is 12.4. The van der Waals surface area contributed by atoms with Crippen LogP contribution in [0, 0.1) is 12.8 Å². The number of halogens is 3. The molecule has 190 valence electrons. The molecule has 0 aliphatic carbocycles. The smallest absolute Gasteiger partial charge is 0.247 e. The summed E-state index contributed by atoms with van der Waals surface area (Å²) in [5.41, 5.74) is 3.04. The van der Waals surface area contributed by atoms with Crippen molar-refractivity contribution >= 4 is 12.0 Å². The van der Waals surface area contributed by atoms with Crippen LogP contribution in [0.15, 0.2) is 73.0 Å². The number of nitrogens with zero attached hydrogens (tertiary/aromatic N) is 2. The minimum atomic E-state index is -1.53. The van der Waals surface area contributed by atoms with E-state index in [-0.39, 0.29) is 12.5 Å². The van der Waals surface area contributed by atoms with Crippen molar-refractivity contribution < 1.29 is 22.7 Å². The zero-order chi connectivity index (χ0) is 26.5. The summed E-state index contributed by atoms with van der Waals surface area (Å²) in [7, 11) is 1.58. The molecule has 0 aliphatic heterocycles. The van der Waals surface area contributed by atoms with Crippen molar-refractivity contribution in [3.8, 4) is 11.4 Å². The van der Waals surface area contributed by atoms with Crippen molar-refractivity contribution in [2.24, 2.45) is 5.92 Å². The number of rotatable bonds is 10. The van der Waals surface area contributed by atoms with Gasteiger partial charge in [0.1, 0.15) is 11.6 Å². The molecule has 0 aliphatic rings. The van der Waals surface area contributed by atoms with Crippen molar-refractivity contribution in [2.45, 2.75) is 40.5 Å². The predicted octanol–water partition coefficient (Wildman–Crippen LogP) is 6.95. The van der Waals surface area contributed by atoms with E-state index in [0.29, 0.717) is 17.7 Å². The highest BCUT2D eigenvalue weighted by Crippen LogP contribution is 2.26. The average molecular weight is 490 g/mol. The normalized spacial score (nSPS) is 13.4. The number of carbonyl (C=O) groups excluding carboxylic acids is 1. The van der Waals surface area contributed by atoms with E-state index < -0.39 is 23.4 Å². The van der Waals surface area contributed by atoms with E-state index in [0.717, 1.165) is 36.4 Å².